The monoisotopic (exact) mass is 436 g/mol. The Morgan fingerprint density at radius 1 is 1.23 bits per heavy atom. The van der Waals surface area contributed by atoms with Gasteiger partial charge in [-0.3, -0.25) is 14.9 Å². The van der Waals surface area contributed by atoms with Gasteiger partial charge in [-0.25, -0.2) is 24.3 Å². The van der Waals surface area contributed by atoms with Crippen LogP contribution < -0.4 is 11.1 Å². The number of imide groups is 1. The summed E-state index contributed by atoms with van der Waals surface area (Å²) in [6.45, 7) is 4.41. The molecule has 2 heterocycles. The summed E-state index contributed by atoms with van der Waals surface area (Å²) in [5.74, 6) is -2.92. The molecule has 0 spiro atoms. The second-order valence-electron chi connectivity index (χ2n) is 6.90. The summed E-state index contributed by atoms with van der Waals surface area (Å²) in [6, 6.07) is 0.917. The molecule has 4 amide bonds. The van der Waals surface area contributed by atoms with Crippen LogP contribution in [0, 0.1) is 11.8 Å². The number of primary amides is 1. The molecule has 1 aromatic heterocycles. The highest BCUT2D eigenvalue weighted by Gasteiger charge is 2.54. The first-order valence-corrected chi connectivity index (χ1v) is 9.50. The maximum Gasteiger partial charge on any atom is 0.415 e. The molecule has 1 aliphatic rings. The Morgan fingerprint density at radius 3 is 2.55 bits per heavy atom. The lowest BCUT2D eigenvalue weighted by molar-refractivity contribution is -0.168. The minimum absolute atomic E-state index is 0.0841. The van der Waals surface area contributed by atoms with E-state index < -0.39 is 48.7 Å². The molecule has 2 atom stereocenters. The van der Waals surface area contributed by atoms with Gasteiger partial charge < -0.3 is 19.9 Å². The molecular weight excluding hydrogens is 412 g/mol. The smallest absolute Gasteiger partial charge is 0.415 e. The lowest BCUT2D eigenvalue weighted by atomic mass is 9.82. The Labute approximate surface area is 178 Å². The highest BCUT2D eigenvalue weighted by Crippen LogP contribution is 2.31. The quantitative estimate of drug-likeness (QED) is 0.340. The Bertz CT molecular complexity index is 872. The largest absolute Gasteiger partial charge is 0.464 e. The van der Waals surface area contributed by atoms with Gasteiger partial charge in [0, 0.05) is 6.20 Å². The van der Waals surface area contributed by atoms with E-state index in [0.717, 1.165) is 0 Å². The van der Waals surface area contributed by atoms with Crippen LogP contribution in [0.2, 0.25) is 0 Å². The van der Waals surface area contributed by atoms with Crippen molar-refractivity contribution in [2.75, 3.05) is 18.7 Å². The van der Waals surface area contributed by atoms with Crippen LogP contribution in [0.25, 0.3) is 0 Å². The normalized spacial score (nSPS) is 17.5. The number of hydrogen-bond acceptors (Lipinski definition) is 9. The Balaban J connectivity index is 1.99. The zero-order chi connectivity index (χ0) is 23.1. The fraction of sp³-hybridized carbons (Fsp3) is 0.474. The van der Waals surface area contributed by atoms with Gasteiger partial charge in [0.05, 0.1) is 18.4 Å². The molecule has 3 N–H and O–H groups in total. The zero-order valence-electron chi connectivity index (χ0n) is 17.3. The van der Waals surface area contributed by atoms with Crippen LogP contribution in [0.4, 0.5) is 15.4 Å². The molecule has 0 saturated carbocycles. The van der Waals surface area contributed by atoms with Crippen LogP contribution in [0.3, 0.4) is 0 Å². The Morgan fingerprint density at radius 2 is 1.94 bits per heavy atom. The molecule has 31 heavy (non-hydrogen) atoms. The van der Waals surface area contributed by atoms with Crippen LogP contribution in [0.5, 0.6) is 0 Å². The van der Waals surface area contributed by atoms with Gasteiger partial charge in [0.15, 0.2) is 6.04 Å². The summed E-state index contributed by atoms with van der Waals surface area (Å²) in [7, 11) is 0. The number of β-lactam (4-membered cyclic amide) rings is 1. The number of hydrogen-bond donors (Lipinski definition) is 2. The topological polar surface area (TPSA) is 167 Å². The fourth-order valence-electron chi connectivity index (χ4n) is 2.86. The van der Waals surface area contributed by atoms with Gasteiger partial charge in [0.2, 0.25) is 12.7 Å². The van der Waals surface area contributed by atoms with Gasteiger partial charge in [-0.15, -0.1) is 0 Å². The molecule has 0 unspecified atom stereocenters. The molecule has 1 aliphatic heterocycles. The van der Waals surface area contributed by atoms with Crippen LogP contribution in [0.1, 0.15) is 26.3 Å². The Hall–Kier alpha value is -3.70. The number of ether oxygens (including phenoxy) is 3. The maximum atomic E-state index is 12.3. The zero-order valence-corrected chi connectivity index (χ0v) is 17.3. The minimum Gasteiger partial charge on any atom is -0.464 e. The van der Waals surface area contributed by atoms with Crippen molar-refractivity contribution in [3.8, 4) is 0 Å². The van der Waals surface area contributed by atoms with E-state index in [1.807, 2.05) is 0 Å². The van der Waals surface area contributed by atoms with Crippen molar-refractivity contribution < 1.29 is 38.2 Å². The molecule has 12 nitrogen and oxygen atoms in total. The number of likely N-dealkylation sites (tertiary alicyclic amines) is 1. The van der Waals surface area contributed by atoms with E-state index in [1.165, 1.54) is 12.3 Å². The number of nitrogens with one attached hydrogen (secondary N) is 1. The maximum absolute atomic E-state index is 12.3. The molecule has 168 valence electrons. The lowest BCUT2D eigenvalue weighted by Crippen LogP contribution is -2.68. The van der Waals surface area contributed by atoms with Gasteiger partial charge in [0.1, 0.15) is 5.82 Å². The van der Waals surface area contributed by atoms with Gasteiger partial charge in [-0.1, -0.05) is 13.8 Å². The summed E-state index contributed by atoms with van der Waals surface area (Å²) < 4.78 is 14.4. The number of pyridine rings is 1. The van der Waals surface area contributed by atoms with Crippen molar-refractivity contribution in [3.05, 3.63) is 23.9 Å². The summed E-state index contributed by atoms with van der Waals surface area (Å²) in [5, 5.41) is 2.36. The van der Waals surface area contributed by atoms with Crippen molar-refractivity contribution in [1.29, 1.82) is 0 Å². The molecule has 0 bridgehead atoms. The number of nitrogens with zero attached hydrogens (tertiary/aromatic N) is 2. The van der Waals surface area contributed by atoms with E-state index in [4.69, 9.17) is 19.9 Å². The molecule has 12 heteroatoms. The number of carbonyl (C=O) groups is 5. The molecule has 1 fully saturated rings. The van der Waals surface area contributed by atoms with Crippen molar-refractivity contribution in [2.45, 2.75) is 33.2 Å². The number of nitrogens with two attached hydrogens (primary N) is 1. The molecule has 0 aliphatic carbocycles. The standard InChI is InChI=1S/C19H24N4O8/c1-4-29-17(26)14-12(15(24)23(14)18(20)27)7-11-5-6-21-13(8-11)22-19(28)31-9-30-16(25)10(2)3/h5-6,8,10,12,14H,4,7,9H2,1-3H3,(H2,20,27)(H,21,22,28)/t12-,14+/m1/s1. The molecular formula is C19H24N4O8. The third kappa shape index (κ3) is 5.90. The molecule has 0 radical (unpaired) electrons. The summed E-state index contributed by atoms with van der Waals surface area (Å²) in [4.78, 5) is 63.7. The average molecular weight is 436 g/mol. The van der Waals surface area contributed by atoms with E-state index in [2.05, 4.69) is 10.3 Å². The first kappa shape index (κ1) is 23.6. The second kappa shape index (κ2) is 10.4. The molecule has 0 aromatic carbocycles. The van der Waals surface area contributed by atoms with Gasteiger partial charge in [-0.05, 0) is 31.0 Å². The summed E-state index contributed by atoms with van der Waals surface area (Å²) in [5.41, 5.74) is 5.74. The van der Waals surface area contributed by atoms with Gasteiger partial charge in [-0.2, -0.15) is 0 Å². The Kier molecular flexibility index (Phi) is 7.88. The highest BCUT2D eigenvalue weighted by molar-refractivity contribution is 6.07. The summed E-state index contributed by atoms with van der Waals surface area (Å²) >= 11 is 0. The predicted molar refractivity (Wildman–Crippen MR) is 104 cm³/mol. The molecule has 1 saturated heterocycles. The van der Waals surface area contributed by atoms with Crippen molar-refractivity contribution in [1.82, 2.24) is 9.88 Å². The highest BCUT2D eigenvalue weighted by atomic mass is 16.7. The summed E-state index contributed by atoms with van der Waals surface area (Å²) in [6.07, 6.45) is 0.577. The lowest BCUT2D eigenvalue weighted by Gasteiger charge is -2.42. The average Bonchev–Trinajstić information content (AvgIpc) is 2.69. The number of urea groups is 1. The number of aromatic nitrogens is 1. The third-order valence-electron chi connectivity index (χ3n) is 4.35. The SMILES string of the molecule is CCOC(=O)[C@@H]1[C@@H](Cc2ccnc(NC(=O)OCOC(=O)C(C)C)c2)C(=O)N1C(N)=O. The van der Waals surface area contributed by atoms with Crippen molar-refractivity contribution >= 4 is 35.8 Å². The first-order chi connectivity index (χ1) is 14.6. The fourth-order valence-corrected chi connectivity index (χ4v) is 2.86. The van der Waals surface area contributed by atoms with Crippen LogP contribution in [-0.2, 0) is 35.0 Å². The van der Waals surface area contributed by atoms with E-state index in [0.29, 0.717) is 10.5 Å². The number of carbonyl (C=O) groups excluding carboxylic acids is 5. The first-order valence-electron chi connectivity index (χ1n) is 9.50. The van der Waals surface area contributed by atoms with E-state index in [9.17, 15) is 24.0 Å². The van der Waals surface area contributed by atoms with Crippen LogP contribution >= 0.6 is 0 Å². The van der Waals surface area contributed by atoms with Crippen molar-refractivity contribution in [2.24, 2.45) is 17.6 Å². The van der Waals surface area contributed by atoms with Crippen LogP contribution in [-0.4, -0.2) is 59.3 Å². The van der Waals surface area contributed by atoms with Gasteiger partial charge >= 0.3 is 24.1 Å². The van der Waals surface area contributed by atoms with E-state index in [1.54, 1.807) is 26.8 Å². The minimum atomic E-state index is -1.12. The third-order valence-corrected chi connectivity index (χ3v) is 4.35. The van der Waals surface area contributed by atoms with E-state index >= 15 is 0 Å². The number of anilines is 1. The number of esters is 2. The van der Waals surface area contributed by atoms with Crippen LogP contribution in [0.15, 0.2) is 18.3 Å². The van der Waals surface area contributed by atoms with E-state index in [-0.39, 0.29) is 24.8 Å². The number of amides is 4. The molecule has 1 aromatic rings. The molecule has 2 rings (SSSR count). The second-order valence-corrected chi connectivity index (χ2v) is 6.90. The predicted octanol–water partition coefficient (Wildman–Crippen LogP) is 0.798. The number of rotatable bonds is 8. The van der Waals surface area contributed by atoms with Gasteiger partial charge in [0.25, 0.3) is 0 Å². The van der Waals surface area contributed by atoms with Crippen molar-refractivity contribution in [3.63, 3.8) is 0 Å².